The van der Waals surface area contributed by atoms with Crippen LogP contribution in [0.15, 0.2) is 10.6 Å². The van der Waals surface area contributed by atoms with Crippen LogP contribution in [-0.4, -0.2) is 21.0 Å². The van der Waals surface area contributed by atoms with Crippen molar-refractivity contribution >= 4 is 11.9 Å². The lowest BCUT2D eigenvalue weighted by Gasteiger charge is -2.08. The molecule has 8 heteroatoms. The molecule has 0 unspecified atom stereocenters. The fraction of sp³-hybridized carbons (Fsp3) is 0.200. The molecule has 0 aliphatic heterocycles. The molecule has 2 aromatic heterocycles. The maximum atomic E-state index is 11.7. The maximum absolute atomic E-state index is 11.7. The third-order valence-electron chi connectivity index (χ3n) is 2.33. The zero-order chi connectivity index (χ0) is 13.3. The fourth-order valence-electron chi connectivity index (χ4n) is 1.59. The van der Waals surface area contributed by atoms with Crippen LogP contribution >= 0.6 is 0 Å². The molecule has 1 amide bonds. The average molecular weight is 248 g/mol. The van der Waals surface area contributed by atoms with Crippen LogP contribution in [0.3, 0.4) is 0 Å². The number of carbonyl (C=O) groups is 1. The van der Waals surface area contributed by atoms with Crippen molar-refractivity contribution in [2.75, 3.05) is 5.73 Å². The Labute approximate surface area is 102 Å². The first-order valence-electron chi connectivity index (χ1n) is 5.11. The van der Waals surface area contributed by atoms with Gasteiger partial charge in [0.05, 0.1) is 17.0 Å². The van der Waals surface area contributed by atoms with Gasteiger partial charge in [-0.2, -0.15) is 0 Å². The van der Waals surface area contributed by atoms with Gasteiger partial charge in [-0.15, -0.1) is 0 Å². The number of aromatic nitrogens is 3. The summed E-state index contributed by atoms with van der Waals surface area (Å²) in [7, 11) is 0. The first-order chi connectivity index (χ1) is 8.52. The van der Waals surface area contributed by atoms with E-state index in [0.29, 0.717) is 17.1 Å². The van der Waals surface area contributed by atoms with Crippen molar-refractivity contribution in [3.8, 4) is 11.5 Å². The third kappa shape index (κ3) is 2.00. The molecule has 0 bridgehead atoms. The number of carbonyl (C=O) groups excluding carboxylic acids is 1. The molecule has 0 radical (unpaired) electrons. The topological polar surface area (TPSA) is 133 Å². The van der Waals surface area contributed by atoms with Crippen LogP contribution in [0.2, 0.25) is 0 Å². The molecule has 2 heterocycles. The minimum absolute atomic E-state index is 0.0464. The van der Waals surface area contributed by atoms with E-state index >= 15 is 0 Å². The van der Waals surface area contributed by atoms with Crippen LogP contribution in [0.4, 0.5) is 5.95 Å². The molecule has 18 heavy (non-hydrogen) atoms. The summed E-state index contributed by atoms with van der Waals surface area (Å²) in [6, 6.07) is 1.65. The smallest absolute Gasteiger partial charge is 0.269 e. The monoisotopic (exact) mass is 248 g/mol. The third-order valence-corrected chi connectivity index (χ3v) is 2.33. The van der Waals surface area contributed by atoms with Gasteiger partial charge in [-0.1, -0.05) is 5.16 Å². The number of anilines is 1. The molecule has 0 fully saturated rings. The number of hydrazine groups is 1. The van der Waals surface area contributed by atoms with Crippen LogP contribution in [0.25, 0.3) is 11.5 Å². The van der Waals surface area contributed by atoms with Gasteiger partial charge in [0.1, 0.15) is 5.69 Å². The van der Waals surface area contributed by atoms with Crippen LogP contribution in [0, 0.1) is 13.8 Å². The largest absolute Gasteiger partial charge is 0.368 e. The average Bonchev–Trinajstić information content (AvgIpc) is 2.74. The van der Waals surface area contributed by atoms with Gasteiger partial charge in [0.15, 0.2) is 5.76 Å². The van der Waals surface area contributed by atoms with Gasteiger partial charge >= 0.3 is 0 Å². The number of amides is 1. The molecular weight excluding hydrogens is 236 g/mol. The van der Waals surface area contributed by atoms with Crippen LogP contribution in [-0.2, 0) is 0 Å². The molecule has 0 saturated carbocycles. The minimum Gasteiger partial charge on any atom is -0.368 e. The molecule has 0 spiro atoms. The minimum atomic E-state index is -0.517. The first kappa shape index (κ1) is 12.0. The Morgan fingerprint density at radius 1 is 1.39 bits per heavy atom. The Kier molecular flexibility index (Phi) is 2.94. The van der Waals surface area contributed by atoms with Gasteiger partial charge < -0.3 is 10.3 Å². The highest BCUT2D eigenvalue weighted by molar-refractivity contribution is 6.00. The zero-order valence-electron chi connectivity index (χ0n) is 9.89. The van der Waals surface area contributed by atoms with Crippen LogP contribution < -0.4 is 17.0 Å². The predicted octanol–water partition coefficient (Wildman–Crippen LogP) is -0.0659. The Morgan fingerprint density at radius 3 is 2.67 bits per heavy atom. The highest BCUT2D eigenvalue weighted by Crippen LogP contribution is 2.24. The van der Waals surface area contributed by atoms with Gasteiger partial charge in [0.2, 0.25) is 5.95 Å². The molecular formula is C10H12N6O2. The van der Waals surface area contributed by atoms with Crippen molar-refractivity contribution < 1.29 is 9.32 Å². The molecule has 5 N–H and O–H groups in total. The normalized spacial score (nSPS) is 10.4. The summed E-state index contributed by atoms with van der Waals surface area (Å²) in [6.07, 6.45) is 0. The van der Waals surface area contributed by atoms with Crippen molar-refractivity contribution in [1.29, 1.82) is 0 Å². The van der Waals surface area contributed by atoms with E-state index in [1.54, 1.807) is 19.9 Å². The number of nitrogen functional groups attached to an aromatic ring is 2. The number of rotatable bonds is 2. The van der Waals surface area contributed by atoms with Gasteiger partial charge in [-0.05, 0) is 13.8 Å². The standard InChI is InChI=1S/C10H12N6O2/c1-4-3-6(18-16-4)8-7(9(17)15-12)5(2)13-10(11)14-8/h3H,12H2,1-2H3,(H,15,17)(H2,11,13,14). The number of nitrogens with one attached hydrogen (secondary N) is 1. The highest BCUT2D eigenvalue weighted by atomic mass is 16.5. The van der Waals surface area contributed by atoms with Gasteiger partial charge in [-0.25, -0.2) is 15.8 Å². The molecule has 0 aromatic carbocycles. The molecule has 2 aromatic rings. The Hall–Kier alpha value is -2.48. The molecule has 2 rings (SSSR count). The number of aryl methyl sites for hydroxylation is 2. The van der Waals surface area contributed by atoms with E-state index in [1.807, 2.05) is 5.43 Å². The fourth-order valence-corrected chi connectivity index (χ4v) is 1.59. The lowest BCUT2D eigenvalue weighted by atomic mass is 10.1. The Balaban J connectivity index is 2.68. The number of nitrogens with two attached hydrogens (primary N) is 2. The van der Waals surface area contributed by atoms with E-state index in [-0.39, 0.29) is 17.2 Å². The van der Waals surface area contributed by atoms with Crippen molar-refractivity contribution in [3.63, 3.8) is 0 Å². The number of hydrogen-bond acceptors (Lipinski definition) is 7. The molecule has 8 nitrogen and oxygen atoms in total. The second-order valence-electron chi connectivity index (χ2n) is 3.70. The van der Waals surface area contributed by atoms with E-state index in [1.165, 1.54) is 0 Å². The molecule has 0 aliphatic rings. The van der Waals surface area contributed by atoms with Crippen molar-refractivity contribution in [2.24, 2.45) is 5.84 Å². The highest BCUT2D eigenvalue weighted by Gasteiger charge is 2.21. The van der Waals surface area contributed by atoms with Gasteiger partial charge in [0.25, 0.3) is 5.91 Å². The molecule has 0 saturated heterocycles. The van der Waals surface area contributed by atoms with Gasteiger partial charge in [0, 0.05) is 6.07 Å². The molecule has 0 atom stereocenters. The number of hydrogen-bond donors (Lipinski definition) is 3. The van der Waals surface area contributed by atoms with Crippen molar-refractivity contribution in [1.82, 2.24) is 20.6 Å². The summed E-state index contributed by atoms with van der Waals surface area (Å²) < 4.78 is 5.08. The zero-order valence-corrected chi connectivity index (χ0v) is 9.89. The van der Waals surface area contributed by atoms with E-state index < -0.39 is 5.91 Å². The lowest BCUT2D eigenvalue weighted by molar-refractivity contribution is 0.0952. The van der Waals surface area contributed by atoms with Crippen molar-refractivity contribution in [2.45, 2.75) is 13.8 Å². The first-order valence-corrected chi connectivity index (χ1v) is 5.11. The van der Waals surface area contributed by atoms with Gasteiger partial charge in [-0.3, -0.25) is 10.2 Å². The summed E-state index contributed by atoms with van der Waals surface area (Å²) in [5, 5.41) is 3.74. The van der Waals surface area contributed by atoms with E-state index in [9.17, 15) is 4.79 Å². The van der Waals surface area contributed by atoms with Crippen molar-refractivity contribution in [3.05, 3.63) is 23.0 Å². The second-order valence-corrected chi connectivity index (χ2v) is 3.70. The Bertz CT molecular complexity index is 606. The lowest BCUT2D eigenvalue weighted by Crippen LogP contribution is -2.31. The maximum Gasteiger partial charge on any atom is 0.269 e. The van der Waals surface area contributed by atoms with Crippen LogP contribution in [0.5, 0.6) is 0 Å². The summed E-state index contributed by atoms with van der Waals surface area (Å²) >= 11 is 0. The van der Waals surface area contributed by atoms with E-state index in [4.69, 9.17) is 16.1 Å². The second kappa shape index (κ2) is 4.41. The quantitative estimate of drug-likeness (QED) is 0.385. The summed E-state index contributed by atoms with van der Waals surface area (Å²) in [5.41, 5.74) is 9.16. The summed E-state index contributed by atoms with van der Waals surface area (Å²) in [4.78, 5) is 19.7. The SMILES string of the molecule is Cc1cc(-c2nc(N)nc(C)c2C(=O)NN)on1. The predicted molar refractivity (Wildman–Crippen MR) is 63.1 cm³/mol. The molecule has 0 aliphatic carbocycles. The molecule has 94 valence electrons. The van der Waals surface area contributed by atoms with E-state index in [2.05, 4.69) is 15.1 Å². The number of nitrogens with zero attached hydrogens (tertiary/aromatic N) is 3. The van der Waals surface area contributed by atoms with Crippen LogP contribution in [0.1, 0.15) is 21.7 Å². The summed E-state index contributed by atoms with van der Waals surface area (Å²) in [6.45, 7) is 3.39. The Morgan fingerprint density at radius 2 is 2.11 bits per heavy atom. The summed E-state index contributed by atoms with van der Waals surface area (Å²) in [5.74, 6) is 5.00. The van der Waals surface area contributed by atoms with E-state index in [0.717, 1.165) is 0 Å².